The van der Waals surface area contributed by atoms with Gasteiger partial charge in [-0.25, -0.2) is 16.8 Å². The Morgan fingerprint density at radius 1 is 0.971 bits per heavy atom. The van der Waals surface area contributed by atoms with Gasteiger partial charge in [0.15, 0.2) is 0 Å². The average molecular weight is 479 g/mol. The van der Waals surface area contributed by atoms with Crippen molar-refractivity contribution in [1.82, 2.24) is 18.7 Å². The summed E-state index contributed by atoms with van der Waals surface area (Å²) in [6, 6.07) is 13.3. The van der Waals surface area contributed by atoms with E-state index in [1.165, 1.54) is 54.9 Å². The number of hydrogen-bond donors (Lipinski definition) is 0. The fraction of sp³-hybridized carbons (Fsp3) is 0.346. The fourth-order valence-corrected chi connectivity index (χ4v) is 6.50. The van der Waals surface area contributed by atoms with Crippen LogP contribution in [-0.2, 0) is 16.6 Å². The van der Waals surface area contributed by atoms with Crippen LogP contribution < -0.4 is 0 Å². The second-order valence-corrected chi connectivity index (χ2v) is 11.3. The molecule has 1 aliphatic heterocycles. The van der Waals surface area contributed by atoms with Gasteiger partial charge in [-0.2, -0.15) is 5.10 Å². The summed E-state index contributed by atoms with van der Waals surface area (Å²) in [4.78, 5) is 2.78. The van der Waals surface area contributed by atoms with E-state index >= 15 is 0 Å². The standard InChI is InChI=1S/C26H27FN4O2S/c27-21-6-9-24-25(18-31(26(24)14-21)34(32,33)23-4-2-1-3-5-23)20-15-28-30(17-20)16-19-10-12-29(13-11-19)22-7-8-22/h1-6,9,14-15,17-19,22H,7-8,10-13,16H2. The summed E-state index contributed by atoms with van der Waals surface area (Å²) >= 11 is 0. The molecule has 0 unspecified atom stereocenters. The van der Waals surface area contributed by atoms with Gasteiger partial charge in [-0.3, -0.25) is 4.68 Å². The van der Waals surface area contributed by atoms with E-state index in [9.17, 15) is 12.8 Å². The smallest absolute Gasteiger partial charge is 0.268 e. The van der Waals surface area contributed by atoms with Gasteiger partial charge in [-0.05, 0) is 75.0 Å². The van der Waals surface area contributed by atoms with E-state index in [-0.39, 0.29) is 4.90 Å². The number of hydrogen-bond acceptors (Lipinski definition) is 4. The SMILES string of the molecule is O=S(=O)(c1ccccc1)n1cc(-c2cnn(CC3CCN(C4CC4)CC3)c2)c2ccc(F)cc21. The minimum absolute atomic E-state index is 0.163. The predicted molar refractivity (Wildman–Crippen MR) is 129 cm³/mol. The molecule has 2 aromatic heterocycles. The predicted octanol–water partition coefficient (Wildman–Crippen LogP) is 4.76. The molecule has 2 aliphatic rings. The van der Waals surface area contributed by atoms with E-state index in [0.29, 0.717) is 16.8 Å². The van der Waals surface area contributed by atoms with Crippen LogP contribution in [-0.4, -0.2) is 46.2 Å². The molecule has 0 spiro atoms. The monoisotopic (exact) mass is 478 g/mol. The molecular formula is C26H27FN4O2S. The van der Waals surface area contributed by atoms with E-state index in [1.807, 2.05) is 10.9 Å². The van der Waals surface area contributed by atoms with Crippen LogP contribution in [0.4, 0.5) is 4.39 Å². The first kappa shape index (κ1) is 21.6. The van der Waals surface area contributed by atoms with Crippen LogP contribution in [0, 0.1) is 11.7 Å². The Morgan fingerprint density at radius 2 is 1.74 bits per heavy atom. The van der Waals surface area contributed by atoms with Crippen molar-refractivity contribution < 1.29 is 12.8 Å². The molecule has 0 radical (unpaired) electrons. The van der Waals surface area contributed by atoms with E-state index < -0.39 is 15.8 Å². The quantitative estimate of drug-likeness (QED) is 0.401. The maximum absolute atomic E-state index is 14.1. The number of nitrogens with zero attached hydrogens (tertiary/aromatic N) is 4. The molecule has 3 heterocycles. The van der Waals surface area contributed by atoms with Gasteiger partial charge < -0.3 is 4.90 Å². The van der Waals surface area contributed by atoms with Gasteiger partial charge in [0, 0.05) is 41.5 Å². The summed E-state index contributed by atoms with van der Waals surface area (Å²) in [6.07, 6.45) is 10.4. The highest BCUT2D eigenvalue weighted by Gasteiger charge is 2.32. The molecule has 2 aromatic carbocycles. The van der Waals surface area contributed by atoms with E-state index in [0.717, 1.165) is 23.7 Å². The van der Waals surface area contributed by atoms with Crippen LogP contribution >= 0.6 is 0 Å². The van der Waals surface area contributed by atoms with Crippen molar-refractivity contribution in [1.29, 1.82) is 0 Å². The first-order valence-electron chi connectivity index (χ1n) is 11.9. The molecule has 8 heteroatoms. The summed E-state index contributed by atoms with van der Waals surface area (Å²) in [5, 5.41) is 5.26. The van der Waals surface area contributed by atoms with Gasteiger partial charge in [0.2, 0.25) is 0 Å². The summed E-state index contributed by atoms with van der Waals surface area (Å²) in [5.41, 5.74) is 1.87. The van der Waals surface area contributed by atoms with Crippen LogP contribution in [0.1, 0.15) is 25.7 Å². The van der Waals surface area contributed by atoms with Gasteiger partial charge in [-0.1, -0.05) is 18.2 Å². The van der Waals surface area contributed by atoms with Crippen LogP contribution in [0.15, 0.2) is 72.0 Å². The number of aromatic nitrogens is 3. The maximum Gasteiger partial charge on any atom is 0.268 e. The Kier molecular flexibility index (Phi) is 5.30. The number of benzene rings is 2. The Balaban J connectivity index is 1.31. The third-order valence-electron chi connectivity index (χ3n) is 7.14. The molecule has 2 fully saturated rings. The van der Waals surface area contributed by atoms with Crippen molar-refractivity contribution >= 4 is 20.9 Å². The molecule has 0 atom stereocenters. The summed E-state index contributed by atoms with van der Waals surface area (Å²) < 4.78 is 44.0. The van der Waals surface area contributed by atoms with E-state index in [2.05, 4.69) is 10.00 Å². The van der Waals surface area contributed by atoms with Gasteiger partial charge in [0.05, 0.1) is 16.6 Å². The zero-order valence-electron chi connectivity index (χ0n) is 18.8. The first-order chi connectivity index (χ1) is 16.5. The van der Waals surface area contributed by atoms with Crippen molar-refractivity contribution in [2.45, 2.75) is 43.2 Å². The molecule has 4 aromatic rings. The molecular weight excluding hydrogens is 451 g/mol. The van der Waals surface area contributed by atoms with Crippen molar-refractivity contribution in [2.24, 2.45) is 5.92 Å². The third kappa shape index (κ3) is 3.95. The lowest BCUT2D eigenvalue weighted by Gasteiger charge is -2.31. The minimum atomic E-state index is -3.87. The van der Waals surface area contributed by atoms with Crippen molar-refractivity contribution in [3.05, 3.63) is 72.9 Å². The molecule has 6 rings (SSSR count). The second-order valence-electron chi connectivity index (χ2n) is 9.48. The van der Waals surface area contributed by atoms with Crippen LogP contribution in [0.3, 0.4) is 0 Å². The Bertz CT molecular complexity index is 1430. The lowest BCUT2D eigenvalue weighted by molar-refractivity contribution is 0.164. The van der Waals surface area contributed by atoms with E-state index in [1.54, 1.807) is 48.8 Å². The maximum atomic E-state index is 14.1. The highest BCUT2D eigenvalue weighted by molar-refractivity contribution is 7.90. The minimum Gasteiger partial charge on any atom is -0.300 e. The van der Waals surface area contributed by atoms with Crippen molar-refractivity contribution in [3.8, 4) is 11.1 Å². The lowest BCUT2D eigenvalue weighted by atomic mass is 9.97. The van der Waals surface area contributed by atoms with Gasteiger partial charge in [-0.15, -0.1) is 0 Å². The second kappa shape index (κ2) is 8.36. The van der Waals surface area contributed by atoms with Crippen molar-refractivity contribution in [2.75, 3.05) is 13.1 Å². The number of rotatable bonds is 6. The molecule has 34 heavy (non-hydrogen) atoms. The zero-order valence-corrected chi connectivity index (χ0v) is 19.7. The van der Waals surface area contributed by atoms with Crippen LogP contribution in [0.5, 0.6) is 0 Å². The highest BCUT2D eigenvalue weighted by atomic mass is 32.2. The summed E-state index contributed by atoms with van der Waals surface area (Å²) in [6.45, 7) is 3.19. The molecule has 1 saturated heterocycles. The molecule has 0 amide bonds. The molecule has 0 N–H and O–H groups in total. The Hall–Kier alpha value is -2.97. The molecule has 176 valence electrons. The number of likely N-dealkylation sites (tertiary alicyclic amines) is 1. The molecule has 0 bridgehead atoms. The van der Waals surface area contributed by atoms with Crippen molar-refractivity contribution in [3.63, 3.8) is 0 Å². The first-order valence-corrected chi connectivity index (χ1v) is 13.3. The molecule has 1 saturated carbocycles. The number of piperidine rings is 1. The highest BCUT2D eigenvalue weighted by Crippen LogP contribution is 2.34. The summed E-state index contributed by atoms with van der Waals surface area (Å²) in [7, 11) is -3.87. The topological polar surface area (TPSA) is 60.1 Å². The molecule has 1 aliphatic carbocycles. The number of fused-ring (bicyclic) bond motifs is 1. The summed E-state index contributed by atoms with van der Waals surface area (Å²) in [5.74, 6) is 0.117. The van der Waals surface area contributed by atoms with Crippen LogP contribution in [0.2, 0.25) is 0 Å². The average Bonchev–Trinajstić information content (AvgIpc) is 3.48. The molecule has 6 nitrogen and oxygen atoms in total. The Labute approximate surface area is 198 Å². The van der Waals surface area contributed by atoms with Gasteiger partial charge >= 0.3 is 0 Å². The van der Waals surface area contributed by atoms with Gasteiger partial charge in [0.25, 0.3) is 10.0 Å². The van der Waals surface area contributed by atoms with Gasteiger partial charge in [0.1, 0.15) is 5.82 Å². The fourth-order valence-electron chi connectivity index (χ4n) is 5.11. The van der Waals surface area contributed by atoms with E-state index in [4.69, 9.17) is 0 Å². The number of halogens is 1. The largest absolute Gasteiger partial charge is 0.300 e. The normalized spacial score (nSPS) is 18.0. The van der Waals surface area contributed by atoms with Crippen LogP contribution in [0.25, 0.3) is 22.0 Å². The Morgan fingerprint density at radius 3 is 2.47 bits per heavy atom. The third-order valence-corrected chi connectivity index (χ3v) is 8.82. The zero-order chi connectivity index (χ0) is 23.3. The lowest BCUT2D eigenvalue weighted by Crippen LogP contribution is -2.36.